The summed E-state index contributed by atoms with van der Waals surface area (Å²) < 4.78 is 5.67. The molecule has 1 aliphatic carbocycles. The van der Waals surface area contributed by atoms with Crippen LogP contribution in [0.4, 0.5) is 5.69 Å². The molecule has 0 saturated heterocycles. The predicted molar refractivity (Wildman–Crippen MR) is 98.0 cm³/mol. The lowest BCUT2D eigenvalue weighted by atomic mass is 9.54. The molecule has 25 heavy (non-hydrogen) atoms. The fourth-order valence-corrected chi connectivity index (χ4v) is 3.09. The van der Waals surface area contributed by atoms with E-state index < -0.39 is 11.0 Å². The third-order valence-corrected chi connectivity index (χ3v) is 5.01. The highest BCUT2D eigenvalue weighted by molar-refractivity contribution is 5.99. The Kier molecular flexibility index (Phi) is 5.51. The van der Waals surface area contributed by atoms with Gasteiger partial charge in [0, 0.05) is 24.1 Å². The first-order chi connectivity index (χ1) is 11.4. The number of carbonyl (C=O) groups is 1. The highest BCUT2D eigenvalue weighted by Crippen LogP contribution is 2.50. The van der Waals surface area contributed by atoms with Crippen LogP contribution in [0.2, 0.25) is 0 Å². The second-order valence-electron chi connectivity index (χ2n) is 6.66. The average molecular weight is 366 g/mol. The summed E-state index contributed by atoms with van der Waals surface area (Å²) >= 11 is 0. The molecule has 3 N–H and O–H groups in total. The van der Waals surface area contributed by atoms with E-state index in [2.05, 4.69) is 15.5 Å². The number of carbonyl (C=O) groups excluding carboxylic acids is 1. The number of ether oxygens (including phenoxy) is 1. The number of aromatic nitrogens is 3. The number of nitrogens with zero attached hydrogens (tertiary/aromatic N) is 3. The van der Waals surface area contributed by atoms with Crippen molar-refractivity contribution in [1.29, 1.82) is 0 Å². The van der Waals surface area contributed by atoms with E-state index in [0.29, 0.717) is 18.7 Å². The third-order valence-electron chi connectivity index (χ3n) is 5.01. The van der Waals surface area contributed by atoms with Crippen LogP contribution in [-0.4, -0.2) is 39.2 Å². The van der Waals surface area contributed by atoms with E-state index >= 15 is 0 Å². The number of nitrogens with one attached hydrogen (secondary N) is 1. The van der Waals surface area contributed by atoms with Crippen LogP contribution in [0.25, 0.3) is 5.69 Å². The van der Waals surface area contributed by atoms with Crippen molar-refractivity contribution in [2.45, 2.75) is 38.8 Å². The molecule has 1 heterocycles. The normalized spacial score (nSPS) is 24.1. The summed E-state index contributed by atoms with van der Waals surface area (Å²) in [7, 11) is 0. The second-order valence-corrected chi connectivity index (χ2v) is 6.66. The molecule has 8 heteroatoms. The van der Waals surface area contributed by atoms with Gasteiger partial charge >= 0.3 is 0 Å². The molecule has 2 atom stereocenters. The molecular weight excluding hydrogens is 342 g/mol. The minimum absolute atomic E-state index is 0. The number of halogens is 1. The van der Waals surface area contributed by atoms with Gasteiger partial charge in [-0.3, -0.25) is 4.79 Å². The van der Waals surface area contributed by atoms with Crippen LogP contribution >= 0.6 is 12.4 Å². The molecule has 0 aliphatic heterocycles. The second kappa shape index (κ2) is 7.11. The van der Waals surface area contributed by atoms with Crippen LogP contribution < -0.4 is 11.1 Å². The number of benzene rings is 1. The van der Waals surface area contributed by atoms with E-state index in [1.54, 1.807) is 12.4 Å². The molecule has 0 spiro atoms. The number of nitrogens with two attached hydrogens (primary N) is 1. The Morgan fingerprint density at radius 2 is 1.92 bits per heavy atom. The van der Waals surface area contributed by atoms with Crippen molar-refractivity contribution in [1.82, 2.24) is 15.0 Å². The van der Waals surface area contributed by atoms with Crippen molar-refractivity contribution < 1.29 is 9.53 Å². The molecule has 1 aromatic heterocycles. The highest BCUT2D eigenvalue weighted by atomic mass is 35.5. The number of hydrogen-bond donors (Lipinski definition) is 2. The summed E-state index contributed by atoms with van der Waals surface area (Å²) in [5, 5.41) is 11.0. The van der Waals surface area contributed by atoms with Gasteiger partial charge in [0.2, 0.25) is 5.91 Å². The zero-order chi connectivity index (χ0) is 17.4. The number of rotatable bonds is 5. The topological polar surface area (TPSA) is 95.1 Å². The SMILES string of the molecule is CCOC1CC(N)(C(=O)Nc2ccc(-n3nccn3)cc2)C1(C)C.Cl. The highest BCUT2D eigenvalue weighted by Gasteiger charge is 2.62. The van der Waals surface area contributed by atoms with Gasteiger partial charge in [0.05, 0.1) is 24.2 Å². The standard InChI is InChI=1S/C17H23N5O2.ClH/c1-4-24-14-11-17(18,16(14,2)3)15(23)21-12-5-7-13(8-6-12)22-19-9-10-20-22;/h5-10,14H,4,11,18H2,1-3H3,(H,21,23);1H. The van der Waals surface area contributed by atoms with Crippen LogP contribution in [0, 0.1) is 5.41 Å². The summed E-state index contributed by atoms with van der Waals surface area (Å²) in [5.74, 6) is -0.187. The van der Waals surface area contributed by atoms with Gasteiger partial charge in [-0.15, -0.1) is 12.4 Å². The maximum Gasteiger partial charge on any atom is 0.245 e. The molecule has 1 aromatic carbocycles. The maximum atomic E-state index is 12.7. The van der Waals surface area contributed by atoms with Crippen molar-refractivity contribution in [2.24, 2.45) is 11.1 Å². The van der Waals surface area contributed by atoms with E-state index in [9.17, 15) is 4.79 Å². The summed E-state index contributed by atoms with van der Waals surface area (Å²) in [4.78, 5) is 14.2. The van der Waals surface area contributed by atoms with Crippen LogP contribution in [0.5, 0.6) is 0 Å². The molecular formula is C17H24ClN5O2. The molecule has 2 unspecified atom stereocenters. The quantitative estimate of drug-likeness (QED) is 0.846. The fourth-order valence-electron chi connectivity index (χ4n) is 3.09. The maximum absolute atomic E-state index is 12.7. The Balaban J connectivity index is 0.00000225. The van der Waals surface area contributed by atoms with Gasteiger partial charge < -0.3 is 15.8 Å². The number of hydrogen-bond acceptors (Lipinski definition) is 5. The van der Waals surface area contributed by atoms with Crippen molar-refractivity contribution in [3.63, 3.8) is 0 Å². The summed E-state index contributed by atoms with van der Waals surface area (Å²) in [6.07, 6.45) is 3.75. The van der Waals surface area contributed by atoms with Gasteiger partial charge in [0.15, 0.2) is 0 Å². The first-order valence-electron chi connectivity index (χ1n) is 8.07. The summed E-state index contributed by atoms with van der Waals surface area (Å²) in [6, 6.07) is 7.30. The zero-order valence-electron chi connectivity index (χ0n) is 14.6. The van der Waals surface area contributed by atoms with Crippen LogP contribution in [-0.2, 0) is 9.53 Å². The third kappa shape index (κ3) is 3.27. The summed E-state index contributed by atoms with van der Waals surface area (Å²) in [6.45, 7) is 6.52. The van der Waals surface area contributed by atoms with E-state index in [4.69, 9.17) is 10.5 Å². The molecule has 2 aromatic rings. The number of anilines is 1. The van der Waals surface area contributed by atoms with Gasteiger partial charge in [0.25, 0.3) is 0 Å². The van der Waals surface area contributed by atoms with E-state index in [0.717, 1.165) is 5.69 Å². The molecule has 1 fully saturated rings. The van der Waals surface area contributed by atoms with Crippen molar-refractivity contribution in [3.8, 4) is 5.69 Å². The van der Waals surface area contributed by atoms with Gasteiger partial charge in [0.1, 0.15) is 5.54 Å². The Morgan fingerprint density at radius 1 is 1.32 bits per heavy atom. The van der Waals surface area contributed by atoms with Crippen molar-refractivity contribution in [3.05, 3.63) is 36.7 Å². The lowest BCUT2D eigenvalue weighted by Gasteiger charge is -2.57. The van der Waals surface area contributed by atoms with Crippen molar-refractivity contribution >= 4 is 24.0 Å². The smallest absolute Gasteiger partial charge is 0.245 e. The Hall–Kier alpha value is -1.96. The van der Waals surface area contributed by atoms with Gasteiger partial charge in [-0.2, -0.15) is 15.0 Å². The molecule has 136 valence electrons. The van der Waals surface area contributed by atoms with E-state index in [1.807, 2.05) is 45.0 Å². The monoisotopic (exact) mass is 365 g/mol. The molecule has 7 nitrogen and oxygen atoms in total. The lowest BCUT2D eigenvalue weighted by molar-refractivity contribution is -0.166. The molecule has 1 aliphatic rings. The van der Waals surface area contributed by atoms with E-state index in [-0.39, 0.29) is 24.4 Å². The lowest BCUT2D eigenvalue weighted by Crippen LogP contribution is -2.74. The van der Waals surface area contributed by atoms with Gasteiger partial charge in [-0.25, -0.2) is 0 Å². The van der Waals surface area contributed by atoms with Crippen LogP contribution in [0.3, 0.4) is 0 Å². The van der Waals surface area contributed by atoms with Gasteiger partial charge in [-0.05, 0) is 31.2 Å². The Labute approximate surface area is 153 Å². The van der Waals surface area contributed by atoms with Crippen molar-refractivity contribution in [2.75, 3.05) is 11.9 Å². The van der Waals surface area contributed by atoms with E-state index in [1.165, 1.54) is 4.80 Å². The van der Waals surface area contributed by atoms with Crippen LogP contribution in [0.15, 0.2) is 36.7 Å². The van der Waals surface area contributed by atoms with Crippen LogP contribution in [0.1, 0.15) is 27.2 Å². The first-order valence-corrected chi connectivity index (χ1v) is 8.07. The first kappa shape index (κ1) is 19.4. The molecule has 1 saturated carbocycles. The molecule has 0 radical (unpaired) electrons. The predicted octanol–water partition coefficient (Wildman–Crippen LogP) is 2.16. The fraction of sp³-hybridized carbons (Fsp3) is 0.471. The molecule has 1 amide bonds. The Morgan fingerprint density at radius 3 is 2.44 bits per heavy atom. The average Bonchev–Trinajstić information content (AvgIpc) is 3.09. The molecule has 0 bridgehead atoms. The zero-order valence-corrected chi connectivity index (χ0v) is 15.4. The largest absolute Gasteiger partial charge is 0.378 e. The number of amides is 1. The minimum atomic E-state index is -0.935. The molecule has 3 rings (SSSR count). The Bertz CT molecular complexity index is 717. The summed E-state index contributed by atoms with van der Waals surface area (Å²) in [5.41, 5.74) is 6.55. The minimum Gasteiger partial charge on any atom is -0.378 e. The van der Waals surface area contributed by atoms with Gasteiger partial charge in [-0.1, -0.05) is 13.8 Å².